The lowest BCUT2D eigenvalue weighted by Gasteiger charge is -2.38. The fourth-order valence-corrected chi connectivity index (χ4v) is 4.70. The molecule has 0 aromatic heterocycles. The van der Waals surface area contributed by atoms with Gasteiger partial charge in [0.25, 0.3) is 0 Å². The van der Waals surface area contributed by atoms with Crippen LogP contribution in [0.2, 0.25) is 0 Å². The number of aliphatic imine (C=N–C) groups is 1. The van der Waals surface area contributed by atoms with Gasteiger partial charge in [0.1, 0.15) is 0 Å². The van der Waals surface area contributed by atoms with Gasteiger partial charge >= 0.3 is 0 Å². The van der Waals surface area contributed by atoms with E-state index in [0.717, 1.165) is 51.5 Å². The first-order chi connectivity index (χ1) is 13.0. The molecule has 0 spiro atoms. The Hall–Kier alpha value is -1.80. The molecule has 27 heavy (non-hydrogen) atoms. The number of anilines is 1. The van der Waals surface area contributed by atoms with Gasteiger partial charge in [0, 0.05) is 58.5 Å². The number of rotatable bonds is 4. The summed E-state index contributed by atoms with van der Waals surface area (Å²) in [7, 11) is -1.22. The van der Waals surface area contributed by atoms with Crippen LogP contribution >= 0.6 is 0 Å². The van der Waals surface area contributed by atoms with Crippen LogP contribution in [0.25, 0.3) is 0 Å². The van der Waals surface area contributed by atoms with E-state index in [2.05, 4.69) is 44.4 Å². The summed E-state index contributed by atoms with van der Waals surface area (Å²) < 4.78 is 24.8. The molecule has 0 bridgehead atoms. The number of sulfonamides is 1. The summed E-state index contributed by atoms with van der Waals surface area (Å²) in [6, 6.07) is 10.5. The van der Waals surface area contributed by atoms with Gasteiger partial charge in [0.15, 0.2) is 5.96 Å². The predicted octanol–water partition coefficient (Wildman–Crippen LogP) is 1.06. The van der Waals surface area contributed by atoms with E-state index < -0.39 is 10.0 Å². The molecule has 0 radical (unpaired) electrons. The molecule has 0 amide bonds. The molecule has 1 N–H and O–H groups in total. The van der Waals surface area contributed by atoms with Crippen molar-refractivity contribution in [3.05, 3.63) is 30.3 Å². The molecule has 150 valence electrons. The van der Waals surface area contributed by atoms with E-state index in [-0.39, 0.29) is 0 Å². The second kappa shape index (κ2) is 8.93. The summed E-state index contributed by atoms with van der Waals surface area (Å²) >= 11 is 0. The number of piperazine rings is 1. The van der Waals surface area contributed by atoms with E-state index in [9.17, 15) is 8.42 Å². The van der Waals surface area contributed by atoms with E-state index in [4.69, 9.17) is 0 Å². The quantitative estimate of drug-likeness (QED) is 0.612. The first-order valence-corrected chi connectivity index (χ1v) is 11.5. The standard InChI is InChI=1S/C19H31N5O2S/c1-20-19(21-16-17-8-10-24(11-9-17)27(2,25)26)23-14-12-22(13-15-23)18-6-4-3-5-7-18/h3-7,17H,8-16H2,1-2H3,(H,20,21). The first kappa shape index (κ1) is 19.9. The summed E-state index contributed by atoms with van der Waals surface area (Å²) in [6.45, 7) is 5.96. The second-order valence-corrected chi connectivity index (χ2v) is 9.33. The highest BCUT2D eigenvalue weighted by Gasteiger charge is 2.26. The van der Waals surface area contributed by atoms with E-state index in [0.29, 0.717) is 19.0 Å². The van der Waals surface area contributed by atoms with Gasteiger partial charge in [-0.15, -0.1) is 0 Å². The second-order valence-electron chi connectivity index (χ2n) is 7.34. The molecule has 2 aliphatic heterocycles. The minimum absolute atomic E-state index is 0.491. The molecule has 2 heterocycles. The molecule has 0 atom stereocenters. The Morgan fingerprint density at radius 2 is 1.70 bits per heavy atom. The molecule has 3 rings (SSSR count). The average molecular weight is 394 g/mol. The number of piperidine rings is 1. The summed E-state index contributed by atoms with van der Waals surface area (Å²) in [6.07, 6.45) is 3.10. The Balaban J connectivity index is 1.44. The maximum Gasteiger partial charge on any atom is 0.211 e. The molecule has 2 fully saturated rings. The third kappa shape index (κ3) is 5.35. The molecular weight excluding hydrogens is 362 g/mol. The van der Waals surface area contributed by atoms with Crippen LogP contribution < -0.4 is 10.2 Å². The van der Waals surface area contributed by atoms with Crippen molar-refractivity contribution in [3.63, 3.8) is 0 Å². The maximum atomic E-state index is 11.6. The molecular formula is C19H31N5O2S. The highest BCUT2D eigenvalue weighted by molar-refractivity contribution is 7.88. The summed E-state index contributed by atoms with van der Waals surface area (Å²) in [4.78, 5) is 9.17. The molecule has 0 saturated carbocycles. The molecule has 2 saturated heterocycles. The lowest BCUT2D eigenvalue weighted by atomic mass is 9.98. The van der Waals surface area contributed by atoms with Gasteiger partial charge in [-0.1, -0.05) is 18.2 Å². The number of benzene rings is 1. The lowest BCUT2D eigenvalue weighted by Crippen LogP contribution is -2.53. The third-order valence-electron chi connectivity index (χ3n) is 5.50. The van der Waals surface area contributed by atoms with Gasteiger partial charge in [-0.2, -0.15) is 0 Å². The van der Waals surface area contributed by atoms with Crippen LogP contribution in [0.5, 0.6) is 0 Å². The summed E-state index contributed by atoms with van der Waals surface area (Å²) in [5.74, 6) is 1.44. The Kier molecular flexibility index (Phi) is 6.59. The van der Waals surface area contributed by atoms with Crippen LogP contribution in [0.15, 0.2) is 35.3 Å². The zero-order valence-electron chi connectivity index (χ0n) is 16.3. The number of guanidine groups is 1. The normalized spacial score (nSPS) is 20.7. The van der Waals surface area contributed by atoms with Gasteiger partial charge in [0.2, 0.25) is 10.0 Å². The molecule has 2 aliphatic rings. The first-order valence-electron chi connectivity index (χ1n) is 9.68. The average Bonchev–Trinajstić information content (AvgIpc) is 2.69. The van der Waals surface area contributed by atoms with Crippen LogP contribution in [0.4, 0.5) is 5.69 Å². The van der Waals surface area contributed by atoms with Gasteiger partial charge in [-0.25, -0.2) is 12.7 Å². The van der Waals surface area contributed by atoms with Gasteiger partial charge < -0.3 is 15.1 Å². The van der Waals surface area contributed by atoms with E-state index in [1.165, 1.54) is 11.9 Å². The Morgan fingerprint density at radius 3 is 2.26 bits per heavy atom. The van der Waals surface area contributed by atoms with Crippen LogP contribution in [-0.4, -0.2) is 82.7 Å². The third-order valence-corrected chi connectivity index (χ3v) is 6.81. The van der Waals surface area contributed by atoms with Crippen LogP contribution in [0, 0.1) is 5.92 Å². The van der Waals surface area contributed by atoms with Crippen LogP contribution in [0.3, 0.4) is 0 Å². The van der Waals surface area contributed by atoms with Crippen LogP contribution in [0.1, 0.15) is 12.8 Å². The van der Waals surface area contributed by atoms with Crippen molar-refractivity contribution in [1.29, 1.82) is 0 Å². The van der Waals surface area contributed by atoms with Crippen molar-refractivity contribution in [2.45, 2.75) is 12.8 Å². The topological polar surface area (TPSA) is 68.2 Å². The number of nitrogens with zero attached hydrogens (tertiary/aromatic N) is 4. The smallest absolute Gasteiger partial charge is 0.211 e. The SMILES string of the molecule is CN=C(NCC1CCN(S(C)(=O)=O)CC1)N1CCN(c2ccccc2)CC1. The fourth-order valence-electron chi connectivity index (χ4n) is 3.83. The van der Waals surface area contributed by atoms with Crippen molar-refractivity contribution in [3.8, 4) is 0 Å². The molecule has 1 aromatic rings. The van der Waals surface area contributed by atoms with Gasteiger partial charge in [-0.05, 0) is 30.9 Å². The van der Waals surface area contributed by atoms with Crippen LogP contribution in [-0.2, 0) is 10.0 Å². The monoisotopic (exact) mass is 393 g/mol. The Morgan fingerprint density at radius 1 is 1.07 bits per heavy atom. The molecule has 7 nitrogen and oxygen atoms in total. The van der Waals surface area contributed by atoms with Crippen molar-refractivity contribution >= 4 is 21.7 Å². The van der Waals surface area contributed by atoms with Crippen molar-refractivity contribution in [2.75, 3.05) is 64.0 Å². The number of para-hydroxylation sites is 1. The number of nitrogens with one attached hydrogen (secondary N) is 1. The van der Waals surface area contributed by atoms with Crippen molar-refractivity contribution in [2.24, 2.45) is 10.9 Å². The van der Waals surface area contributed by atoms with E-state index in [1.807, 2.05) is 13.1 Å². The lowest BCUT2D eigenvalue weighted by molar-refractivity contribution is 0.271. The van der Waals surface area contributed by atoms with Crippen molar-refractivity contribution in [1.82, 2.24) is 14.5 Å². The minimum atomic E-state index is -3.05. The zero-order chi connectivity index (χ0) is 19.3. The van der Waals surface area contributed by atoms with Crippen molar-refractivity contribution < 1.29 is 8.42 Å². The van der Waals surface area contributed by atoms with Gasteiger partial charge in [0.05, 0.1) is 6.26 Å². The number of hydrogen-bond acceptors (Lipinski definition) is 4. The molecule has 0 unspecified atom stereocenters. The zero-order valence-corrected chi connectivity index (χ0v) is 17.2. The van der Waals surface area contributed by atoms with Gasteiger partial charge in [-0.3, -0.25) is 4.99 Å². The fraction of sp³-hybridized carbons (Fsp3) is 0.632. The summed E-state index contributed by atoms with van der Waals surface area (Å²) in [5.41, 5.74) is 1.28. The largest absolute Gasteiger partial charge is 0.368 e. The highest BCUT2D eigenvalue weighted by atomic mass is 32.2. The molecule has 1 aromatic carbocycles. The predicted molar refractivity (Wildman–Crippen MR) is 111 cm³/mol. The Labute approximate surface area is 163 Å². The van der Waals surface area contributed by atoms with E-state index in [1.54, 1.807) is 4.31 Å². The van der Waals surface area contributed by atoms with E-state index >= 15 is 0 Å². The minimum Gasteiger partial charge on any atom is -0.368 e. The maximum absolute atomic E-state index is 11.6. The molecule has 8 heteroatoms. The highest BCUT2D eigenvalue weighted by Crippen LogP contribution is 2.19. The summed E-state index contributed by atoms with van der Waals surface area (Å²) in [5, 5.41) is 3.51. The number of hydrogen-bond donors (Lipinski definition) is 1. The Bertz CT molecular complexity index is 722. The molecule has 0 aliphatic carbocycles.